The summed E-state index contributed by atoms with van der Waals surface area (Å²) >= 11 is 0. The predicted molar refractivity (Wildman–Crippen MR) is 86.0 cm³/mol. The van der Waals surface area contributed by atoms with Crippen LogP contribution in [0.15, 0.2) is 48.5 Å². The third-order valence-electron chi connectivity index (χ3n) is 3.12. The summed E-state index contributed by atoms with van der Waals surface area (Å²) in [6, 6.07) is 14.1. The first-order valence-corrected chi connectivity index (χ1v) is 7.15. The molecule has 2 aromatic carbocycles. The second kappa shape index (κ2) is 6.89. The van der Waals surface area contributed by atoms with Crippen LogP contribution in [0.5, 0.6) is 5.75 Å². The molecule has 4 heteroatoms. The Morgan fingerprint density at radius 2 is 1.55 bits per heavy atom. The van der Waals surface area contributed by atoms with Gasteiger partial charge in [0.05, 0.1) is 5.92 Å². The smallest absolute Gasteiger partial charge is 0.313 e. The number of carbonyl (C=O) groups is 2. The highest BCUT2D eigenvalue weighted by molar-refractivity contribution is 6.04. The molecule has 0 aliphatic carbocycles. The van der Waals surface area contributed by atoms with E-state index in [1.165, 1.54) is 0 Å². The van der Waals surface area contributed by atoms with Crippen LogP contribution >= 0.6 is 0 Å². The molecule has 0 saturated carbocycles. The van der Waals surface area contributed by atoms with Crippen molar-refractivity contribution in [3.8, 4) is 5.75 Å². The SMILES string of the molecule is Cc1ccc(NC(=O)c2ccc(OC(=O)C(C)C)cc2)cc1. The summed E-state index contributed by atoms with van der Waals surface area (Å²) in [5.41, 5.74) is 2.38. The predicted octanol–water partition coefficient (Wildman–Crippen LogP) is 3.81. The number of nitrogens with one attached hydrogen (secondary N) is 1. The van der Waals surface area contributed by atoms with Gasteiger partial charge in [-0.15, -0.1) is 0 Å². The van der Waals surface area contributed by atoms with Gasteiger partial charge in [0, 0.05) is 11.3 Å². The molecule has 0 bridgehead atoms. The molecule has 114 valence electrons. The van der Waals surface area contributed by atoms with Crippen LogP contribution in [0.3, 0.4) is 0 Å². The Hall–Kier alpha value is -2.62. The molecule has 0 unspecified atom stereocenters. The van der Waals surface area contributed by atoms with Gasteiger partial charge in [0.25, 0.3) is 5.91 Å². The average molecular weight is 297 g/mol. The number of rotatable bonds is 4. The molecule has 4 nitrogen and oxygen atoms in total. The number of hydrogen-bond acceptors (Lipinski definition) is 3. The quantitative estimate of drug-likeness (QED) is 0.689. The van der Waals surface area contributed by atoms with Gasteiger partial charge in [-0.2, -0.15) is 0 Å². The zero-order valence-corrected chi connectivity index (χ0v) is 12.9. The summed E-state index contributed by atoms with van der Waals surface area (Å²) in [6.45, 7) is 5.53. The van der Waals surface area contributed by atoms with Crippen LogP contribution in [0, 0.1) is 12.8 Å². The molecular formula is C18H19NO3. The van der Waals surface area contributed by atoms with E-state index in [0.29, 0.717) is 11.3 Å². The van der Waals surface area contributed by atoms with E-state index in [1.807, 2.05) is 31.2 Å². The van der Waals surface area contributed by atoms with E-state index in [-0.39, 0.29) is 17.8 Å². The lowest BCUT2D eigenvalue weighted by molar-refractivity contribution is -0.137. The van der Waals surface area contributed by atoms with Gasteiger partial charge in [-0.25, -0.2) is 0 Å². The Kier molecular flexibility index (Phi) is 4.94. The number of hydrogen-bond donors (Lipinski definition) is 1. The Labute approximate surface area is 130 Å². The topological polar surface area (TPSA) is 55.4 Å². The van der Waals surface area contributed by atoms with E-state index < -0.39 is 0 Å². The number of esters is 1. The molecule has 0 spiro atoms. The minimum Gasteiger partial charge on any atom is -0.426 e. The van der Waals surface area contributed by atoms with E-state index in [0.717, 1.165) is 11.3 Å². The van der Waals surface area contributed by atoms with Crippen LogP contribution in [0.4, 0.5) is 5.69 Å². The molecular weight excluding hydrogens is 278 g/mol. The largest absolute Gasteiger partial charge is 0.426 e. The molecule has 0 aromatic heterocycles. The van der Waals surface area contributed by atoms with Crippen molar-refractivity contribution in [2.75, 3.05) is 5.32 Å². The van der Waals surface area contributed by atoms with Crippen LogP contribution in [0.2, 0.25) is 0 Å². The number of ether oxygens (including phenoxy) is 1. The summed E-state index contributed by atoms with van der Waals surface area (Å²) < 4.78 is 5.17. The van der Waals surface area contributed by atoms with Crippen LogP contribution in [0.1, 0.15) is 29.8 Å². The monoisotopic (exact) mass is 297 g/mol. The van der Waals surface area contributed by atoms with Crippen LogP contribution in [-0.4, -0.2) is 11.9 Å². The highest BCUT2D eigenvalue weighted by Gasteiger charge is 2.11. The average Bonchev–Trinajstić information content (AvgIpc) is 2.50. The maximum atomic E-state index is 12.1. The van der Waals surface area contributed by atoms with Crippen molar-refractivity contribution < 1.29 is 14.3 Å². The van der Waals surface area contributed by atoms with Crippen molar-refractivity contribution in [1.82, 2.24) is 0 Å². The lowest BCUT2D eigenvalue weighted by Crippen LogP contribution is -2.15. The molecule has 0 radical (unpaired) electrons. The van der Waals surface area contributed by atoms with Gasteiger partial charge >= 0.3 is 5.97 Å². The fraction of sp³-hybridized carbons (Fsp3) is 0.222. The second-order valence-corrected chi connectivity index (χ2v) is 5.42. The van der Waals surface area contributed by atoms with Gasteiger partial charge in [-0.1, -0.05) is 31.5 Å². The number of carbonyl (C=O) groups excluding carboxylic acids is 2. The van der Waals surface area contributed by atoms with Crippen LogP contribution in [0.25, 0.3) is 0 Å². The summed E-state index contributed by atoms with van der Waals surface area (Å²) in [5, 5.41) is 2.82. The Morgan fingerprint density at radius 3 is 2.09 bits per heavy atom. The minimum atomic E-state index is -0.295. The van der Waals surface area contributed by atoms with Gasteiger partial charge < -0.3 is 10.1 Å². The van der Waals surface area contributed by atoms with Gasteiger partial charge in [-0.3, -0.25) is 9.59 Å². The Morgan fingerprint density at radius 1 is 0.955 bits per heavy atom. The zero-order valence-electron chi connectivity index (χ0n) is 12.9. The Balaban J connectivity index is 2.02. The first-order chi connectivity index (χ1) is 10.5. The van der Waals surface area contributed by atoms with E-state index in [9.17, 15) is 9.59 Å². The van der Waals surface area contributed by atoms with Crippen LogP contribution in [-0.2, 0) is 4.79 Å². The second-order valence-electron chi connectivity index (χ2n) is 5.42. The first-order valence-electron chi connectivity index (χ1n) is 7.15. The van der Waals surface area contributed by atoms with E-state index in [1.54, 1.807) is 38.1 Å². The fourth-order valence-electron chi connectivity index (χ4n) is 1.75. The van der Waals surface area contributed by atoms with E-state index >= 15 is 0 Å². The molecule has 0 heterocycles. The zero-order chi connectivity index (χ0) is 16.1. The van der Waals surface area contributed by atoms with Gasteiger partial charge in [-0.05, 0) is 43.3 Å². The third-order valence-corrected chi connectivity index (χ3v) is 3.12. The standard InChI is InChI=1S/C18H19NO3/c1-12(2)18(21)22-16-10-6-14(7-11-16)17(20)19-15-8-4-13(3)5-9-15/h4-12H,1-3H3,(H,19,20). The van der Waals surface area contributed by atoms with Gasteiger partial charge in [0.1, 0.15) is 5.75 Å². The maximum Gasteiger partial charge on any atom is 0.313 e. The molecule has 22 heavy (non-hydrogen) atoms. The highest BCUT2D eigenvalue weighted by Crippen LogP contribution is 2.16. The summed E-state index contributed by atoms with van der Waals surface area (Å²) in [7, 11) is 0. The first kappa shape index (κ1) is 15.8. The van der Waals surface area contributed by atoms with E-state index in [2.05, 4.69) is 5.32 Å². The summed E-state index contributed by atoms with van der Waals surface area (Å²) in [6.07, 6.45) is 0. The summed E-state index contributed by atoms with van der Waals surface area (Å²) in [4.78, 5) is 23.6. The van der Waals surface area contributed by atoms with Crippen molar-refractivity contribution in [2.24, 2.45) is 5.92 Å². The molecule has 0 atom stereocenters. The van der Waals surface area contributed by atoms with Gasteiger partial charge in [0.15, 0.2) is 0 Å². The number of anilines is 1. The Bertz CT molecular complexity index is 658. The highest BCUT2D eigenvalue weighted by atomic mass is 16.5. The van der Waals surface area contributed by atoms with E-state index in [4.69, 9.17) is 4.74 Å². The maximum absolute atomic E-state index is 12.1. The lowest BCUT2D eigenvalue weighted by Gasteiger charge is -2.08. The van der Waals surface area contributed by atoms with Crippen molar-refractivity contribution in [3.63, 3.8) is 0 Å². The normalized spacial score (nSPS) is 10.4. The van der Waals surface area contributed by atoms with Crippen LogP contribution < -0.4 is 10.1 Å². The third kappa shape index (κ3) is 4.19. The van der Waals surface area contributed by atoms with Gasteiger partial charge in [0.2, 0.25) is 0 Å². The lowest BCUT2D eigenvalue weighted by atomic mass is 10.2. The molecule has 0 aliphatic heterocycles. The van der Waals surface area contributed by atoms with Crippen molar-refractivity contribution in [1.29, 1.82) is 0 Å². The number of benzene rings is 2. The number of aryl methyl sites for hydroxylation is 1. The molecule has 0 aliphatic rings. The number of amides is 1. The molecule has 1 N–H and O–H groups in total. The molecule has 0 saturated heterocycles. The molecule has 0 fully saturated rings. The van der Waals surface area contributed by atoms with Crippen molar-refractivity contribution in [2.45, 2.75) is 20.8 Å². The minimum absolute atomic E-state index is 0.190. The fourth-order valence-corrected chi connectivity index (χ4v) is 1.75. The molecule has 2 aromatic rings. The summed E-state index contributed by atoms with van der Waals surface area (Å²) in [5.74, 6) is -0.252. The molecule has 2 rings (SSSR count). The molecule has 1 amide bonds. The van der Waals surface area contributed by atoms with Crippen molar-refractivity contribution >= 4 is 17.6 Å². The van der Waals surface area contributed by atoms with Crippen molar-refractivity contribution in [3.05, 3.63) is 59.7 Å².